The van der Waals surface area contributed by atoms with E-state index in [0.29, 0.717) is 5.92 Å². The van der Waals surface area contributed by atoms with Gasteiger partial charge in [-0.05, 0) is 63.2 Å². The van der Waals surface area contributed by atoms with E-state index in [1.165, 1.54) is 25.3 Å². The van der Waals surface area contributed by atoms with E-state index in [2.05, 4.69) is 13.0 Å². The van der Waals surface area contributed by atoms with Crippen molar-refractivity contribution in [2.24, 2.45) is 17.8 Å². The molecule has 3 nitrogen and oxygen atoms in total. The molecule has 126 valence electrons. The standard InChI is InChI=1S/C20H29NO2/c1-2-16-7-11-18(12-8-16)20(22)23-19-13-9-17(10-14-19)6-4-3-5-15-21/h3-6,16-19H,2,7-14H2,1H3. The summed E-state index contributed by atoms with van der Waals surface area (Å²) < 4.78 is 5.77. The van der Waals surface area contributed by atoms with Crippen LogP contribution in [0.5, 0.6) is 0 Å². The van der Waals surface area contributed by atoms with Crippen LogP contribution in [0, 0.1) is 29.1 Å². The number of esters is 1. The monoisotopic (exact) mass is 315 g/mol. The Hall–Kier alpha value is -1.56. The fourth-order valence-electron chi connectivity index (χ4n) is 3.79. The molecule has 0 radical (unpaired) electrons. The van der Waals surface area contributed by atoms with Gasteiger partial charge in [0.1, 0.15) is 6.10 Å². The highest BCUT2D eigenvalue weighted by Crippen LogP contribution is 2.33. The summed E-state index contributed by atoms with van der Waals surface area (Å²) in [5, 5.41) is 8.44. The number of carbonyl (C=O) groups excluding carboxylic acids is 1. The zero-order valence-electron chi connectivity index (χ0n) is 14.2. The minimum atomic E-state index is 0.0514. The van der Waals surface area contributed by atoms with Gasteiger partial charge in [0.25, 0.3) is 0 Å². The zero-order chi connectivity index (χ0) is 16.5. The van der Waals surface area contributed by atoms with Crippen LogP contribution in [-0.2, 0) is 9.53 Å². The number of nitriles is 1. The van der Waals surface area contributed by atoms with Crippen LogP contribution in [0.4, 0.5) is 0 Å². The molecule has 2 aliphatic rings. The van der Waals surface area contributed by atoms with Crippen LogP contribution in [0.1, 0.15) is 64.7 Å². The molecular weight excluding hydrogens is 286 g/mol. The molecule has 2 aliphatic carbocycles. The third kappa shape index (κ3) is 5.86. The summed E-state index contributed by atoms with van der Waals surface area (Å²) >= 11 is 0. The first kappa shape index (κ1) is 17.8. The Morgan fingerprint density at radius 3 is 2.39 bits per heavy atom. The molecular formula is C20H29NO2. The molecule has 23 heavy (non-hydrogen) atoms. The van der Waals surface area contributed by atoms with Gasteiger partial charge in [-0.25, -0.2) is 0 Å². The fourth-order valence-corrected chi connectivity index (χ4v) is 3.79. The van der Waals surface area contributed by atoms with Crippen LogP contribution in [0.3, 0.4) is 0 Å². The Labute approximate surface area is 140 Å². The lowest BCUT2D eigenvalue weighted by atomic mass is 9.81. The Kier molecular flexibility index (Phi) is 7.39. The quantitative estimate of drug-likeness (QED) is 0.410. The lowest BCUT2D eigenvalue weighted by Crippen LogP contribution is -2.29. The van der Waals surface area contributed by atoms with Crippen molar-refractivity contribution in [2.75, 3.05) is 0 Å². The number of nitrogens with zero attached hydrogens (tertiary/aromatic N) is 1. The predicted molar refractivity (Wildman–Crippen MR) is 91.5 cm³/mol. The number of ether oxygens (including phenoxy) is 1. The average molecular weight is 315 g/mol. The van der Waals surface area contributed by atoms with E-state index in [0.717, 1.165) is 44.4 Å². The van der Waals surface area contributed by atoms with E-state index in [1.807, 2.05) is 12.1 Å². The summed E-state index contributed by atoms with van der Waals surface area (Å²) in [6.45, 7) is 2.24. The molecule has 3 heteroatoms. The van der Waals surface area contributed by atoms with E-state index in [-0.39, 0.29) is 18.0 Å². The van der Waals surface area contributed by atoms with Crippen molar-refractivity contribution in [3.05, 3.63) is 24.3 Å². The van der Waals surface area contributed by atoms with E-state index in [9.17, 15) is 4.79 Å². The lowest BCUT2D eigenvalue weighted by Gasteiger charge is -2.30. The second-order valence-electron chi connectivity index (χ2n) is 6.97. The van der Waals surface area contributed by atoms with E-state index in [4.69, 9.17) is 10.00 Å². The molecule has 0 aromatic heterocycles. The SMILES string of the molecule is CCC1CCC(C(=O)OC2CCC(C=CC=CC#N)CC2)CC1. The Morgan fingerprint density at radius 2 is 1.78 bits per heavy atom. The summed E-state index contributed by atoms with van der Waals surface area (Å²) in [5.41, 5.74) is 0. The maximum absolute atomic E-state index is 12.3. The van der Waals surface area contributed by atoms with Crippen LogP contribution in [0.25, 0.3) is 0 Å². The number of allylic oxidation sites excluding steroid dienone is 4. The Morgan fingerprint density at radius 1 is 1.09 bits per heavy atom. The van der Waals surface area contributed by atoms with Crippen molar-refractivity contribution in [3.8, 4) is 6.07 Å². The lowest BCUT2D eigenvalue weighted by molar-refractivity contribution is -0.157. The molecule has 2 rings (SSSR count). The van der Waals surface area contributed by atoms with Gasteiger partial charge < -0.3 is 4.74 Å². The molecule has 0 atom stereocenters. The minimum absolute atomic E-state index is 0.0514. The zero-order valence-corrected chi connectivity index (χ0v) is 14.2. The van der Waals surface area contributed by atoms with Crippen molar-refractivity contribution >= 4 is 5.97 Å². The number of hydrogen-bond donors (Lipinski definition) is 0. The summed E-state index contributed by atoms with van der Waals surface area (Å²) in [5.74, 6) is 1.56. The van der Waals surface area contributed by atoms with Crippen molar-refractivity contribution in [1.29, 1.82) is 5.26 Å². The molecule has 2 saturated carbocycles. The van der Waals surface area contributed by atoms with Gasteiger partial charge >= 0.3 is 5.97 Å². The molecule has 0 heterocycles. The molecule has 0 aromatic rings. The Bertz CT molecular complexity index is 459. The van der Waals surface area contributed by atoms with Crippen LogP contribution >= 0.6 is 0 Å². The van der Waals surface area contributed by atoms with Crippen LogP contribution in [-0.4, -0.2) is 12.1 Å². The van der Waals surface area contributed by atoms with Crippen molar-refractivity contribution in [1.82, 2.24) is 0 Å². The highest BCUT2D eigenvalue weighted by molar-refractivity contribution is 5.72. The van der Waals surface area contributed by atoms with Crippen molar-refractivity contribution in [2.45, 2.75) is 70.8 Å². The van der Waals surface area contributed by atoms with Gasteiger partial charge in [-0.3, -0.25) is 4.79 Å². The van der Waals surface area contributed by atoms with E-state index >= 15 is 0 Å². The summed E-state index contributed by atoms with van der Waals surface area (Å²) in [4.78, 5) is 12.3. The van der Waals surface area contributed by atoms with Crippen molar-refractivity contribution in [3.63, 3.8) is 0 Å². The van der Waals surface area contributed by atoms with Gasteiger partial charge in [0.05, 0.1) is 12.0 Å². The maximum Gasteiger partial charge on any atom is 0.309 e. The number of rotatable bonds is 5. The first-order chi connectivity index (χ1) is 11.2. The molecule has 0 bridgehead atoms. The largest absolute Gasteiger partial charge is 0.462 e. The molecule has 0 spiro atoms. The fraction of sp³-hybridized carbons (Fsp3) is 0.700. The third-order valence-corrected chi connectivity index (χ3v) is 5.42. The summed E-state index contributed by atoms with van der Waals surface area (Å²) in [6.07, 6.45) is 17.2. The Balaban J connectivity index is 1.68. The van der Waals surface area contributed by atoms with Gasteiger partial charge in [0.2, 0.25) is 0 Å². The molecule has 2 fully saturated rings. The van der Waals surface area contributed by atoms with E-state index in [1.54, 1.807) is 6.08 Å². The molecule has 0 N–H and O–H groups in total. The molecule has 0 saturated heterocycles. The highest BCUT2D eigenvalue weighted by atomic mass is 16.5. The second-order valence-corrected chi connectivity index (χ2v) is 6.97. The van der Waals surface area contributed by atoms with Crippen LogP contribution in [0.15, 0.2) is 24.3 Å². The third-order valence-electron chi connectivity index (χ3n) is 5.42. The summed E-state index contributed by atoms with van der Waals surface area (Å²) in [7, 11) is 0. The second kappa shape index (κ2) is 9.55. The highest BCUT2D eigenvalue weighted by Gasteiger charge is 2.29. The molecule has 0 amide bonds. The van der Waals surface area contributed by atoms with Gasteiger partial charge in [-0.1, -0.05) is 31.6 Å². The van der Waals surface area contributed by atoms with Gasteiger partial charge in [-0.2, -0.15) is 5.26 Å². The molecule has 0 unspecified atom stereocenters. The first-order valence-electron chi connectivity index (χ1n) is 9.16. The van der Waals surface area contributed by atoms with Gasteiger partial charge in [0, 0.05) is 6.08 Å². The van der Waals surface area contributed by atoms with E-state index < -0.39 is 0 Å². The number of hydrogen-bond acceptors (Lipinski definition) is 3. The first-order valence-corrected chi connectivity index (χ1v) is 9.16. The van der Waals surface area contributed by atoms with Gasteiger partial charge in [0.15, 0.2) is 0 Å². The normalized spacial score (nSPS) is 32.0. The van der Waals surface area contributed by atoms with Crippen molar-refractivity contribution < 1.29 is 9.53 Å². The minimum Gasteiger partial charge on any atom is -0.462 e. The average Bonchev–Trinajstić information content (AvgIpc) is 2.60. The predicted octanol–water partition coefficient (Wildman–Crippen LogP) is 4.94. The molecule has 0 aromatic carbocycles. The van der Waals surface area contributed by atoms with Crippen LogP contribution in [0.2, 0.25) is 0 Å². The number of carbonyl (C=O) groups is 1. The summed E-state index contributed by atoms with van der Waals surface area (Å²) in [6, 6.07) is 1.98. The maximum atomic E-state index is 12.3. The smallest absolute Gasteiger partial charge is 0.309 e. The molecule has 0 aliphatic heterocycles. The topological polar surface area (TPSA) is 50.1 Å². The van der Waals surface area contributed by atoms with Gasteiger partial charge in [-0.15, -0.1) is 0 Å². The van der Waals surface area contributed by atoms with Crippen LogP contribution < -0.4 is 0 Å².